The zero-order chi connectivity index (χ0) is 17.1. The molecule has 1 aromatic heterocycles. The summed E-state index contributed by atoms with van der Waals surface area (Å²) < 4.78 is 18.6. The van der Waals surface area contributed by atoms with Gasteiger partial charge in [-0.15, -0.1) is 0 Å². The van der Waals surface area contributed by atoms with Crippen LogP contribution in [0.2, 0.25) is 5.02 Å². The fourth-order valence-corrected chi connectivity index (χ4v) is 2.47. The average molecular weight is 345 g/mol. The molecule has 1 N–H and O–H groups in total. The Morgan fingerprint density at radius 1 is 1.25 bits per heavy atom. The average Bonchev–Trinajstić information content (AvgIpc) is 2.55. The maximum atomic E-state index is 13.0. The minimum Gasteiger partial charge on any atom is -0.481 e. The molecule has 0 saturated carbocycles. The molecule has 122 valence electrons. The molecule has 0 fully saturated rings. The molecule has 0 atom stereocenters. The van der Waals surface area contributed by atoms with Crippen molar-refractivity contribution in [1.29, 1.82) is 0 Å². The zero-order valence-electron chi connectivity index (χ0n) is 12.8. The van der Waals surface area contributed by atoms with Gasteiger partial charge in [-0.3, -0.25) is 4.79 Å². The van der Waals surface area contributed by atoms with Crippen molar-refractivity contribution in [3.63, 3.8) is 0 Å². The van der Waals surface area contributed by atoms with Crippen LogP contribution in [0.5, 0.6) is 5.75 Å². The Morgan fingerprint density at radius 3 is 2.88 bits per heavy atom. The number of para-hydroxylation sites is 1. The first-order valence-electron chi connectivity index (χ1n) is 7.27. The highest BCUT2D eigenvalue weighted by Gasteiger charge is 2.10. The highest BCUT2D eigenvalue weighted by atomic mass is 35.5. The number of carbonyl (C=O) groups excluding carboxylic acids is 1. The summed E-state index contributed by atoms with van der Waals surface area (Å²) in [6, 6.07) is 13.1. The van der Waals surface area contributed by atoms with Crippen molar-refractivity contribution in [3.05, 3.63) is 65.1 Å². The molecule has 0 spiro atoms. The van der Waals surface area contributed by atoms with E-state index in [4.69, 9.17) is 16.3 Å². The molecule has 3 aromatic rings. The highest BCUT2D eigenvalue weighted by molar-refractivity contribution is 6.33. The summed E-state index contributed by atoms with van der Waals surface area (Å²) in [6.07, 6.45) is 0. The summed E-state index contributed by atoms with van der Waals surface area (Å²) in [5.41, 5.74) is 1.89. The molecule has 4 nitrogen and oxygen atoms in total. The quantitative estimate of drug-likeness (QED) is 0.765. The number of hydrogen-bond acceptors (Lipinski definition) is 3. The zero-order valence-corrected chi connectivity index (χ0v) is 13.6. The van der Waals surface area contributed by atoms with Crippen LogP contribution in [0.25, 0.3) is 10.9 Å². The number of aryl methyl sites for hydroxylation is 1. The smallest absolute Gasteiger partial charge is 0.262 e. The van der Waals surface area contributed by atoms with Gasteiger partial charge < -0.3 is 10.1 Å². The van der Waals surface area contributed by atoms with Gasteiger partial charge in [-0.1, -0.05) is 29.8 Å². The maximum Gasteiger partial charge on any atom is 0.262 e. The van der Waals surface area contributed by atoms with Crippen molar-refractivity contribution in [1.82, 2.24) is 4.98 Å². The largest absolute Gasteiger partial charge is 0.481 e. The predicted octanol–water partition coefficient (Wildman–Crippen LogP) is 4.35. The maximum absolute atomic E-state index is 13.0. The van der Waals surface area contributed by atoms with Gasteiger partial charge in [0, 0.05) is 11.1 Å². The van der Waals surface area contributed by atoms with E-state index in [2.05, 4.69) is 10.3 Å². The lowest BCUT2D eigenvalue weighted by Gasteiger charge is -2.10. The second-order valence-corrected chi connectivity index (χ2v) is 5.65. The van der Waals surface area contributed by atoms with Gasteiger partial charge in [0.15, 0.2) is 6.61 Å². The predicted molar refractivity (Wildman–Crippen MR) is 92.0 cm³/mol. The van der Waals surface area contributed by atoms with Crippen LogP contribution in [0.3, 0.4) is 0 Å². The number of nitrogens with one attached hydrogen (secondary N) is 1. The third-order valence-electron chi connectivity index (χ3n) is 3.39. The lowest BCUT2D eigenvalue weighted by atomic mass is 10.2. The molecule has 3 rings (SSSR count). The number of nitrogens with zero attached hydrogens (tertiary/aromatic N) is 1. The van der Waals surface area contributed by atoms with E-state index in [1.54, 1.807) is 6.07 Å². The molecule has 6 heteroatoms. The molecular formula is C18H14ClFN2O2. The van der Waals surface area contributed by atoms with Gasteiger partial charge in [0.1, 0.15) is 17.1 Å². The first-order chi connectivity index (χ1) is 11.5. The highest BCUT2D eigenvalue weighted by Crippen LogP contribution is 2.25. The molecule has 1 amide bonds. The summed E-state index contributed by atoms with van der Waals surface area (Å²) in [4.78, 5) is 16.5. The Labute approximate surface area is 143 Å². The number of fused-ring (bicyclic) bond motifs is 1. The number of benzene rings is 2. The van der Waals surface area contributed by atoms with E-state index in [1.807, 2.05) is 31.2 Å². The van der Waals surface area contributed by atoms with Crippen LogP contribution < -0.4 is 10.1 Å². The SMILES string of the molecule is Cc1ccc2cccc(OCC(=O)Nc3ccc(F)cc3Cl)c2n1. The molecule has 0 aliphatic carbocycles. The van der Waals surface area contributed by atoms with Crippen molar-refractivity contribution < 1.29 is 13.9 Å². The van der Waals surface area contributed by atoms with Crippen molar-refractivity contribution in [2.75, 3.05) is 11.9 Å². The van der Waals surface area contributed by atoms with Crippen LogP contribution in [0.15, 0.2) is 48.5 Å². The lowest BCUT2D eigenvalue weighted by Crippen LogP contribution is -2.20. The number of halogens is 2. The normalized spacial score (nSPS) is 10.6. The number of aromatic nitrogens is 1. The number of rotatable bonds is 4. The molecule has 0 unspecified atom stereocenters. The van der Waals surface area contributed by atoms with E-state index in [1.165, 1.54) is 12.1 Å². The van der Waals surface area contributed by atoms with Crippen LogP contribution in [0.4, 0.5) is 10.1 Å². The molecule has 0 aliphatic heterocycles. The van der Waals surface area contributed by atoms with Gasteiger partial charge in [0.2, 0.25) is 0 Å². The Hall–Kier alpha value is -2.66. The minimum atomic E-state index is -0.466. The number of amides is 1. The number of pyridine rings is 1. The summed E-state index contributed by atoms with van der Waals surface area (Å²) in [7, 11) is 0. The molecular weight excluding hydrogens is 331 g/mol. The van der Waals surface area contributed by atoms with Gasteiger partial charge in [0.25, 0.3) is 5.91 Å². The van der Waals surface area contributed by atoms with E-state index in [0.29, 0.717) is 17.0 Å². The second kappa shape index (κ2) is 6.84. The van der Waals surface area contributed by atoms with E-state index in [9.17, 15) is 9.18 Å². The first-order valence-corrected chi connectivity index (χ1v) is 7.65. The molecule has 0 aliphatic rings. The summed E-state index contributed by atoms with van der Waals surface area (Å²) in [5.74, 6) is -0.337. The topological polar surface area (TPSA) is 51.2 Å². The number of carbonyl (C=O) groups is 1. The fraction of sp³-hybridized carbons (Fsp3) is 0.111. The second-order valence-electron chi connectivity index (χ2n) is 5.24. The Morgan fingerprint density at radius 2 is 2.08 bits per heavy atom. The summed E-state index contributed by atoms with van der Waals surface area (Å²) in [6.45, 7) is 1.68. The van der Waals surface area contributed by atoms with Crippen LogP contribution in [-0.4, -0.2) is 17.5 Å². The Balaban J connectivity index is 1.71. The van der Waals surface area contributed by atoms with Crippen molar-refractivity contribution in [2.45, 2.75) is 6.92 Å². The van der Waals surface area contributed by atoms with E-state index < -0.39 is 11.7 Å². The molecule has 0 radical (unpaired) electrons. The van der Waals surface area contributed by atoms with Gasteiger partial charge >= 0.3 is 0 Å². The molecule has 24 heavy (non-hydrogen) atoms. The molecule has 1 heterocycles. The lowest BCUT2D eigenvalue weighted by molar-refractivity contribution is -0.118. The minimum absolute atomic E-state index is 0.130. The summed E-state index contributed by atoms with van der Waals surface area (Å²) >= 11 is 5.88. The first kappa shape index (κ1) is 16.2. The third-order valence-corrected chi connectivity index (χ3v) is 3.70. The fourth-order valence-electron chi connectivity index (χ4n) is 2.25. The van der Waals surface area contributed by atoms with Gasteiger partial charge in [0.05, 0.1) is 10.7 Å². The number of hydrogen-bond donors (Lipinski definition) is 1. The van der Waals surface area contributed by atoms with Gasteiger partial charge in [-0.25, -0.2) is 9.37 Å². The van der Waals surface area contributed by atoms with E-state index in [0.717, 1.165) is 17.1 Å². The molecule has 2 aromatic carbocycles. The van der Waals surface area contributed by atoms with Gasteiger partial charge in [-0.2, -0.15) is 0 Å². The number of ether oxygens (including phenoxy) is 1. The van der Waals surface area contributed by atoms with Crippen LogP contribution in [0.1, 0.15) is 5.69 Å². The summed E-state index contributed by atoms with van der Waals surface area (Å²) in [5, 5.41) is 3.65. The standard InChI is InChI=1S/C18H14ClFN2O2/c1-11-5-6-12-3-2-4-16(18(12)21-11)24-10-17(23)22-15-8-7-13(20)9-14(15)19/h2-9H,10H2,1H3,(H,22,23). The molecule has 0 saturated heterocycles. The van der Waals surface area contributed by atoms with Crippen LogP contribution >= 0.6 is 11.6 Å². The monoisotopic (exact) mass is 344 g/mol. The van der Waals surface area contributed by atoms with Crippen molar-refractivity contribution in [3.8, 4) is 5.75 Å². The van der Waals surface area contributed by atoms with Crippen LogP contribution in [-0.2, 0) is 4.79 Å². The Kier molecular flexibility index (Phi) is 4.62. The molecule has 0 bridgehead atoms. The van der Waals surface area contributed by atoms with Gasteiger partial charge in [-0.05, 0) is 37.3 Å². The van der Waals surface area contributed by atoms with E-state index in [-0.39, 0.29) is 11.6 Å². The Bertz CT molecular complexity index is 915. The van der Waals surface area contributed by atoms with Crippen molar-refractivity contribution >= 4 is 34.1 Å². The van der Waals surface area contributed by atoms with E-state index >= 15 is 0 Å². The van der Waals surface area contributed by atoms with Crippen LogP contribution in [0, 0.1) is 12.7 Å². The third kappa shape index (κ3) is 3.63. The number of anilines is 1. The van der Waals surface area contributed by atoms with Crippen molar-refractivity contribution in [2.24, 2.45) is 0 Å².